The molecule has 0 bridgehead atoms. The Kier molecular flexibility index (Phi) is 4.09. The van der Waals surface area contributed by atoms with Gasteiger partial charge in [0, 0.05) is 11.8 Å². The number of nitrogens with zero attached hydrogens (tertiary/aromatic N) is 1. The molecule has 0 fully saturated rings. The largest absolute Gasteiger partial charge is 0.478 e. The van der Waals surface area contributed by atoms with Crippen LogP contribution in [0.15, 0.2) is 30.5 Å². The summed E-state index contributed by atoms with van der Waals surface area (Å²) in [6, 6.07) is 6.05. The summed E-state index contributed by atoms with van der Waals surface area (Å²) >= 11 is 6.02. The van der Waals surface area contributed by atoms with Crippen LogP contribution in [0.1, 0.15) is 20.7 Å². The van der Waals surface area contributed by atoms with Crippen LogP contribution in [0.2, 0.25) is 5.02 Å². The minimum Gasteiger partial charge on any atom is -0.478 e. The molecule has 108 valence electrons. The van der Waals surface area contributed by atoms with Crippen LogP contribution in [0.4, 0.5) is 5.82 Å². The van der Waals surface area contributed by atoms with Crippen LogP contribution in [0.25, 0.3) is 11.1 Å². The van der Waals surface area contributed by atoms with Crippen LogP contribution < -0.4 is 5.73 Å². The number of aromatic carboxylic acids is 1. The Morgan fingerprint density at radius 1 is 1.24 bits per heavy atom. The third-order valence-corrected chi connectivity index (χ3v) is 3.17. The smallest absolute Gasteiger partial charge is 0.339 e. The normalized spacial score (nSPS) is 10.2. The molecule has 0 atom stereocenters. The highest BCUT2D eigenvalue weighted by Crippen LogP contribution is 2.27. The Labute approximate surface area is 125 Å². The fraction of sp³-hybridized carbons (Fsp3) is 0.0714. The molecule has 1 aromatic carbocycles. The van der Waals surface area contributed by atoms with Gasteiger partial charge in [0.2, 0.25) is 0 Å². The number of hydrogen-bond donors (Lipinski definition) is 2. The molecule has 0 spiro atoms. The molecule has 0 saturated heterocycles. The number of ether oxygens (including phenoxy) is 1. The van der Waals surface area contributed by atoms with Crippen molar-refractivity contribution in [1.29, 1.82) is 0 Å². The maximum atomic E-state index is 11.5. The van der Waals surface area contributed by atoms with E-state index in [9.17, 15) is 9.59 Å². The summed E-state index contributed by atoms with van der Waals surface area (Å²) in [6.45, 7) is 0. The first-order valence-corrected chi connectivity index (χ1v) is 6.19. The number of pyridine rings is 1. The van der Waals surface area contributed by atoms with Crippen LogP contribution in [0.5, 0.6) is 0 Å². The molecule has 0 saturated carbocycles. The summed E-state index contributed by atoms with van der Waals surface area (Å²) in [5, 5.41) is 9.24. The van der Waals surface area contributed by atoms with Gasteiger partial charge in [0.1, 0.15) is 11.4 Å². The van der Waals surface area contributed by atoms with Crippen molar-refractivity contribution in [2.24, 2.45) is 0 Å². The summed E-state index contributed by atoms with van der Waals surface area (Å²) in [5.41, 5.74) is 6.77. The molecule has 6 nitrogen and oxygen atoms in total. The minimum absolute atomic E-state index is 0.0662. The summed E-state index contributed by atoms with van der Waals surface area (Å²) in [5.74, 6) is -1.78. The average Bonchev–Trinajstić information content (AvgIpc) is 2.46. The van der Waals surface area contributed by atoms with E-state index in [-0.39, 0.29) is 22.0 Å². The summed E-state index contributed by atoms with van der Waals surface area (Å²) in [4.78, 5) is 26.3. The molecule has 1 aromatic heterocycles. The molecule has 0 aliphatic carbocycles. The number of halogens is 1. The molecule has 7 heteroatoms. The summed E-state index contributed by atoms with van der Waals surface area (Å²) < 4.78 is 4.60. The second-order valence-corrected chi connectivity index (χ2v) is 4.56. The molecule has 0 radical (unpaired) electrons. The number of esters is 1. The molecular weight excluding hydrogens is 296 g/mol. The number of anilines is 1. The van der Waals surface area contributed by atoms with Crippen molar-refractivity contribution in [2.75, 3.05) is 12.8 Å². The van der Waals surface area contributed by atoms with E-state index in [0.717, 1.165) is 0 Å². The Morgan fingerprint density at radius 2 is 1.95 bits per heavy atom. The molecule has 2 rings (SSSR count). The van der Waals surface area contributed by atoms with Gasteiger partial charge < -0.3 is 15.6 Å². The Bertz CT molecular complexity index is 731. The second kappa shape index (κ2) is 5.80. The van der Waals surface area contributed by atoms with Crippen molar-refractivity contribution in [2.45, 2.75) is 0 Å². The number of methoxy groups -OCH3 is 1. The zero-order valence-corrected chi connectivity index (χ0v) is 11.7. The van der Waals surface area contributed by atoms with E-state index in [0.29, 0.717) is 11.1 Å². The van der Waals surface area contributed by atoms with Crippen molar-refractivity contribution < 1.29 is 19.4 Å². The van der Waals surface area contributed by atoms with E-state index >= 15 is 0 Å². The topological polar surface area (TPSA) is 103 Å². The molecule has 3 N–H and O–H groups in total. The molecule has 0 amide bonds. The number of aromatic nitrogens is 1. The predicted molar refractivity (Wildman–Crippen MR) is 77.4 cm³/mol. The van der Waals surface area contributed by atoms with Crippen molar-refractivity contribution in [1.82, 2.24) is 4.98 Å². The average molecular weight is 307 g/mol. The first-order valence-electron chi connectivity index (χ1n) is 5.81. The summed E-state index contributed by atoms with van der Waals surface area (Å²) in [6.07, 6.45) is 1.44. The number of carbonyl (C=O) groups excluding carboxylic acids is 1. The third-order valence-electron chi connectivity index (χ3n) is 2.86. The van der Waals surface area contributed by atoms with Gasteiger partial charge in [-0.25, -0.2) is 14.6 Å². The SMILES string of the molecule is COC(=O)c1ccc(-c2cnc(N)c(C(=O)O)c2)cc1Cl. The number of carboxylic acid groups (broad SMARTS) is 1. The van der Waals surface area contributed by atoms with Gasteiger partial charge in [-0.1, -0.05) is 17.7 Å². The van der Waals surface area contributed by atoms with Gasteiger partial charge in [-0.15, -0.1) is 0 Å². The number of nitrogens with two attached hydrogens (primary N) is 1. The lowest BCUT2D eigenvalue weighted by molar-refractivity contribution is 0.0600. The summed E-state index contributed by atoms with van der Waals surface area (Å²) in [7, 11) is 1.26. The maximum absolute atomic E-state index is 11.5. The van der Waals surface area contributed by atoms with Gasteiger partial charge in [-0.3, -0.25) is 0 Å². The molecule has 0 aliphatic heterocycles. The van der Waals surface area contributed by atoms with Crippen molar-refractivity contribution in [3.63, 3.8) is 0 Å². The molecule has 21 heavy (non-hydrogen) atoms. The molecule has 1 heterocycles. The monoisotopic (exact) mass is 306 g/mol. The first kappa shape index (κ1) is 14.8. The van der Waals surface area contributed by atoms with Gasteiger partial charge in [0.25, 0.3) is 0 Å². The Hall–Kier alpha value is -2.60. The number of rotatable bonds is 3. The molecule has 0 unspecified atom stereocenters. The van der Waals surface area contributed by atoms with Gasteiger partial charge in [-0.2, -0.15) is 0 Å². The number of hydrogen-bond acceptors (Lipinski definition) is 5. The van der Waals surface area contributed by atoms with Gasteiger partial charge in [0.15, 0.2) is 0 Å². The lowest BCUT2D eigenvalue weighted by Gasteiger charge is -2.07. The van der Waals surface area contributed by atoms with E-state index in [1.165, 1.54) is 31.5 Å². The zero-order chi connectivity index (χ0) is 15.6. The van der Waals surface area contributed by atoms with E-state index in [4.69, 9.17) is 22.4 Å². The molecule has 0 aliphatic rings. The zero-order valence-electron chi connectivity index (χ0n) is 11.0. The van der Waals surface area contributed by atoms with Crippen LogP contribution in [-0.2, 0) is 4.74 Å². The van der Waals surface area contributed by atoms with Crippen LogP contribution in [-0.4, -0.2) is 29.1 Å². The van der Waals surface area contributed by atoms with Gasteiger partial charge >= 0.3 is 11.9 Å². The Morgan fingerprint density at radius 3 is 2.52 bits per heavy atom. The van der Waals surface area contributed by atoms with E-state index in [1.807, 2.05) is 0 Å². The fourth-order valence-corrected chi connectivity index (χ4v) is 2.03. The number of nitrogen functional groups attached to an aromatic ring is 1. The predicted octanol–water partition coefficient (Wildman–Crippen LogP) is 2.47. The fourth-order valence-electron chi connectivity index (χ4n) is 1.77. The highest BCUT2D eigenvalue weighted by molar-refractivity contribution is 6.33. The number of benzene rings is 1. The second-order valence-electron chi connectivity index (χ2n) is 4.15. The molecule has 2 aromatic rings. The number of carboxylic acids is 1. The maximum Gasteiger partial charge on any atom is 0.339 e. The minimum atomic E-state index is -1.17. The highest BCUT2D eigenvalue weighted by Gasteiger charge is 2.14. The first-order chi connectivity index (χ1) is 9.93. The van der Waals surface area contributed by atoms with Crippen LogP contribution in [0.3, 0.4) is 0 Å². The van der Waals surface area contributed by atoms with Crippen molar-refractivity contribution >= 4 is 29.4 Å². The molecular formula is C14H11ClN2O4. The van der Waals surface area contributed by atoms with E-state index in [1.54, 1.807) is 6.07 Å². The van der Waals surface area contributed by atoms with Gasteiger partial charge in [0.05, 0.1) is 17.7 Å². The number of carbonyl (C=O) groups is 2. The standard InChI is InChI=1S/C14H11ClN2O4/c1-21-14(20)9-3-2-7(5-11(9)15)8-4-10(13(18)19)12(16)17-6-8/h2-6H,1H3,(H2,16,17)(H,18,19). The van der Waals surface area contributed by atoms with Crippen LogP contribution >= 0.6 is 11.6 Å². The lowest BCUT2D eigenvalue weighted by Crippen LogP contribution is -2.05. The van der Waals surface area contributed by atoms with Crippen molar-refractivity contribution in [3.8, 4) is 11.1 Å². The van der Waals surface area contributed by atoms with E-state index < -0.39 is 11.9 Å². The van der Waals surface area contributed by atoms with Crippen LogP contribution in [0, 0.1) is 0 Å². The highest BCUT2D eigenvalue weighted by atomic mass is 35.5. The lowest BCUT2D eigenvalue weighted by atomic mass is 10.0. The van der Waals surface area contributed by atoms with E-state index in [2.05, 4.69) is 9.72 Å². The van der Waals surface area contributed by atoms with Gasteiger partial charge in [-0.05, 0) is 23.8 Å². The van der Waals surface area contributed by atoms with Crippen molar-refractivity contribution in [3.05, 3.63) is 46.6 Å². The quantitative estimate of drug-likeness (QED) is 0.844. The Balaban J connectivity index is 2.48. The third kappa shape index (κ3) is 2.95.